The topological polar surface area (TPSA) is 135 Å². The van der Waals surface area contributed by atoms with E-state index in [1.165, 1.54) is 12.1 Å². The maximum atomic E-state index is 10.6. The van der Waals surface area contributed by atoms with Crippen LogP contribution in [0.4, 0.5) is 5.69 Å². The monoisotopic (exact) mass is 611 g/mol. The highest BCUT2D eigenvalue weighted by Gasteiger charge is 2.04. The quantitative estimate of drug-likeness (QED) is 0.0729. The summed E-state index contributed by atoms with van der Waals surface area (Å²) in [5.74, 6) is 1.40. The Morgan fingerprint density at radius 1 is 0.395 bits per heavy atom. The molecule has 0 unspecified atom stereocenters. The molecule has 0 fully saturated rings. The zero-order valence-corrected chi connectivity index (χ0v) is 24.8. The minimum atomic E-state index is -0.451. The molecule has 0 aliphatic heterocycles. The van der Waals surface area contributed by atoms with Gasteiger partial charge in [0, 0.05) is 12.1 Å². The second-order valence-corrected chi connectivity index (χ2v) is 8.66. The van der Waals surface area contributed by atoms with E-state index >= 15 is 0 Å². The van der Waals surface area contributed by atoms with Gasteiger partial charge in [0.25, 0.3) is 5.69 Å². The van der Waals surface area contributed by atoms with Crippen molar-refractivity contribution < 1.29 is 52.3 Å². The van der Waals surface area contributed by atoms with E-state index in [1.807, 2.05) is 30.3 Å². The molecular weight excluding hydrogens is 566 g/mol. The van der Waals surface area contributed by atoms with Crippen LogP contribution in [0.3, 0.4) is 0 Å². The molecule has 0 saturated carbocycles. The lowest BCUT2D eigenvalue weighted by Gasteiger charge is -2.09. The number of rotatable bonds is 30. The summed E-state index contributed by atoms with van der Waals surface area (Å²) in [6, 6.07) is 15.6. The third kappa shape index (κ3) is 21.5. The van der Waals surface area contributed by atoms with E-state index in [0.29, 0.717) is 125 Å². The molecule has 0 aliphatic rings. The van der Waals surface area contributed by atoms with Crippen LogP contribution in [0.25, 0.3) is 0 Å². The molecule has 0 aromatic heterocycles. The fourth-order valence-corrected chi connectivity index (χ4v) is 3.26. The summed E-state index contributed by atoms with van der Waals surface area (Å²) in [5, 5.41) is 10.6. The van der Waals surface area contributed by atoms with Crippen molar-refractivity contribution in [3.63, 3.8) is 0 Å². The van der Waals surface area contributed by atoms with Crippen molar-refractivity contribution in [1.29, 1.82) is 0 Å². The van der Waals surface area contributed by atoms with E-state index < -0.39 is 4.92 Å². The highest BCUT2D eigenvalue weighted by molar-refractivity contribution is 5.35. The number of benzene rings is 2. The number of ether oxygens (including phenoxy) is 10. The van der Waals surface area contributed by atoms with E-state index in [0.717, 1.165) is 5.75 Å². The van der Waals surface area contributed by atoms with Crippen LogP contribution < -0.4 is 9.47 Å². The fourth-order valence-electron chi connectivity index (χ4n) is 3.26. The molecule has 0 amide bonds. The van der Waals surface area contributed by atoms with Crippen molar-refractivity contribution in [2.75, 3.05) is 119 Å². The van der Waals surface area contributed by atoms with Crippen LogP contribution >= 0.6 is 0 Å². The molecule has 2 rings (SSSR count). The first-order chi connectivity index (χ1) is 21.3. The second kappa shape index (κ2) is 26.7. The molecule has 13 heteroatoms. The van der Waals surface area contributed by atoms with Crippen LogP contribution in [-0.4, -0.2) is 124 Å². The van der Waals surface area contributed by atoms with Crippen molar-refractivity contribution >= 4 is 5.69 Å². The van der Waals surface area contributed by atoms with Crippen LogP contribution in [0.5, 0.6) is 11.5 Å². The summed E-state index contributed by atoms with van der Waals surface area (Å²) in [6.07, 6.45) is 0. The Balaban J connectivity index is 1.18. The van der Waals surface area contributed by atoms with Gasteiger partial charge in [0.15, 0.2) is 0 Å². The van der Waals surface area contributed by atoms with E-state index in [4.69, 9.17) is 47.4 Å². The van der Waals surface area contributed by atoms with Gasteiger partial charge < -0.3 is 47.4 Å². The molecule has 13 nitrogen and oxygen atoms in total. The van der Waals surface area contributed by atoms with E-state index in [-0.39, 0.29) is 5.69 Å². The van der Waals surface area contributed by atoms with Crippen LogP contribution in [-0.2, 0) is 37.9 Å². The average molecular weight is 612 g/mol. The zero-order valence-electron chi connectivity index (χ0n) is 24.8. The van der Waals surface area contributed by atoms with Crippen LogP contribution in [0.1, 0.15) is 0 Å². The Labute approximate surface area is 253 Å². The second-order valence-electron chi connectivity index (χ2n) is 8.66. The molecule has 0 heterocycles. The van der Waals surface area contributed by atoms with E-state index in [1.54, 1.807) is 12.1 Å². The molecule has 2 aromatic rings. The van der Waals surface area contributed by atoms with Crippen molar-refractivity contribution in [3.8, 4) is 11.5 Å². The summed E-state index contributed by atoms with van der Waals surface area (Å²) in [6.45, 7) is 8.59. The third-order valence-corrected chi connectivity index (χ3v) is 5.39. The molecule has 43 heavy (non-hydrogen) atoms. The van der Waals surface area contributed by atoms with Crippen LogP contribution in [0.15, 0.2) is 54.6 Å². The van der Waals surface area contributed by atoms with Gasteiger partial charge >= 0.3 is 0 Å². The summed E-state index contributed by atoms with van der Waals surface area (Å²) in [4.78, 5) is 10.2. The van der Waals surface area contributed by atoms with Gasteiger partial charge in [-0.2, -0.15) is 0 Å². The lowest BCUT2D eigenvalue weighted by atomic mass is 10.3. The molecule has 0 bridgehead atoms. The Morgan fingerprint density at radius 2 is 0.674 bits per heavy atom. The van der Waals surface area contributed by atoms with E-state index in [2.05, 4.69) is 0 Å². The summed E-state index contributed by atoms with van der Waals surface area (Å²) in [7, 11) is 0. The first-order valence-corrected chi connectivity index (χ1v) is 14.4. The standard InChI is InChI=1S/C30H45NO12/c32-31(33)28-6-8-30(9-7-28)43-27-25-41-23-21-39-19-17-37-15-13-35-11-10-34-12-14-36-16-18-38-20-22-40-24-26-42-29-4-2-1-3-5-29/h1-9H,10-27H2. The number of hydrogen-bond acceptors (Lipinski definition) is 12. The van der Waals surface area contributed by atoms with Gasteiger partial charge in [0.05, 0.1) is 111 Å². The molecule has 0 aliphatic carbocycles. The molecule has 2 aromatic carbocycles. The Kier molecular flexibility index (Phi) is 22.6. The molecule has 0 spiro atoms. The lowest BCUT2D eigenvalue weighted by Crippen LogP contribution is -2.15. The Hall–Kier alpha value is -2.88. The van der Waals surface area contributed by atoms with Gasteiger partial charge in [-0.1, -0.05) is 18.2 Å². The highest BCUT2D eigenvalue weighted by Crippen LogP contribution is 2.17. The number of hydrogen-bond donors (Lipinski definition) is 0. The minimum absolute atomic E-state index is 0.0268. The predicted molar refractivity (Wildman–Crippen MR) is 157 cm³/mol. The smallest absolute Gasteiger partial charge is 0.269 e. The predicted octanol–water partition coefficient (Wildman–Crippen LogP) is 3.19. The molecule has 0 N–H and O–H groups in total. The van der Waals surface area contributed by atoms with E-state index in [9.17, 15) is 10.1 Å². The Bertz CT molecular complexity index is 904. The van der Waals surface area contributed by atoms with Crippen molar-refractivity contribution in [2.24, 2.45) is 0 Å². The van der Waals surface area contributed by atoms with Gasteiger partial charge in [-0.25, -0.2) is 0 Å². The largest absolute Gasteiger partial charge is 0.491 e. The maximum Gasteiger partial charge on any atom is 0.269 e. The number of nitro benzene ring substituents is 1. The zero-order chi connectivity index (χ0) is 30.5. The van der Waals surface area contributed by atoms with Gasteiger partial charge in [0.2, 0.25) is 0 Å². The molecule has 242 valence electrons. The number of nitrogens with zero attached hydrogens (tertiary/aromatic N) is 1. The SMILES string of the molecule is O=[N+]([O-])c1ccc(OCCOCCOCCOCCOCCOCCOCCOCCOCCOc2ccccc2)cc1. The van der Waals surface area contributed by atoms with Gasteiger partial charge in [-0.3, -0.25) is 10.1 Å². The summed E-state index contributed by atoms with van der Waals surface area (Å²) in [5.41, 5.74) is 0.0268. The molecule has 0 saturated heterocycles. The Morgan fingerprint density at radius 3 is 0.977 bits per heavy atom. The van der Waals surface area contributed by atoms with Gasteiger partial charge in [-0.15, -0.1) is 0 Å². The van der Waals surface area contributed by atoms with Crippen LogP contribution in [0.2, 0.25) is 0 Å². The first kappa shape index (κ1) is 36.3. The first-order valence-electron chi connectivity index (χ1n) is 14.4. The van der Waals surface area contributed by atoms with Crippen molar-refractivity contribution in [2.45, 2.75) is 0 Å². The third-order valence-electron chi connectivity index (χ3n) is 5.39. The average Bonchev–Trinajstić information content (AvgIpc) is 3.03. The summed E-state index contributed by atoms with van der Waals surface area (Å²) < 4.78 is 54.6. The fraction of sp³-hybridized carbons (Fsp3) is 0.600. The van der Waals surface area contributed by atoms with Crippen molar-refractivity contribution in [3.05, 3.63) is 64.7 Å². The normalized spacial score (nSPS) is 11.1. The highest BCUT2D eigenvalue weighted by atomic mass is 16.6. The number of nitro groups is 1. The lowest BCUT2D eigenvalue weighted by molar-refractivity contribution is -0.384. The minimum Gasteiger partial charge on any atom is -0.491 e. The summed E-state index contributed by atoms with van der Waals surface area (Å²) >= 11 is 0. The maximum absolute atomic E-state index is 10.6. The molecule has 0 radical (unpaired) electrons. The number of para-hydroxylation sites is 1. The van der Waals surface area contributed by atoms with Crippen LogP contribution in [0, 0.1) is 10.1 Å². The van der Waals surface area contributed by atoms with Gasteiger partial charge in [0.1, 0.15) is 24.7 Å². The van der Waals surface area contributed by atoms with Crippen molar-refractivity contribution in [1.82, 2.24) is 0 Å². The molecular formula is C30H45NO12. The molecule has 0 atom stereocenters. The number of non-ortho nitro benzene ring substituents is 1. The van der Waals surface area contributed by atoms with Gasteiger partial charge in [-0.05, 0) is 24.3 Å².